The number of H-pyrrole nitrogens is 1. The van der Waals surface area contributed by atoms with E-state index < -0.39 is 22.2 Å². The van der Waals surface area contributed by atoms with E-state index in [1.165, 1.54) is 12.3 Å². The van der Waals surface area contributed by atoms with Crippen LogP contribution >= 0.6 is 23.2 Å². The van der Waals surface area contributed by atoms with E-state index in [9.17, 15) is 14.0 Å². The number of hydrogen-bond donors (Lipinski definition) is 1. The van der Waals surface area contributed by atoms with E-state index >= 15 is 0 Å². The highest BCUT2D eigenvalue weighted by Gasteiger charge is 2.20. The van der Waals surface area contributed by atoms with Gasteiger partial charge < -0.3 is 4.74 Å². The number of aromatic amines is 1. The lowest BCUT2D eigenvalue weighted by atomic mass is 10.3. The third-order valence-electron chi connectivity index (χ3n) is 3.32. The number of fused-ring (bicyclic) bond motifs is 1. The molecule has 0 atom stereocenters. The Hall–Kier alpha value is -2.45. The standard InChI is InChI=1S/C15H11Cl2FN4O3/c1-2-5-25-9-3-4-19-12(17)10(9)22-13-7(14(23)21-15(22)24)6-8(18)11(16)20-13/h3-4,6H,2,5H2,1H3,(H,21,23,24). The summed E-state index contributed by atoms with van der Waals surface area (Å²) in [6.07, 6.45) is 2.13. The minimum absolute atomic E-state index is 0.0497. The molecule has 0 bridgehead atoms. The van der Waals surface area contributed by atoms with Gasteiger partial charge in [0, 0.05) is 12.3 Å². The van der Waals surface area contributed by atoms with Crippen LogP contribution in [0.2, 0.25) is 10.3 Å². The van der Waals surface area contributed by atoms with Gasteiger partial charge in [-0.15, -0.1) is 0 Å². The summed E-state index contributed by atoms with van der Waals surface area (Å²) in [6.45, 7) is 2.28. The van der Waals surface area contributed by atoms with E-state index in [-0.39, 0.29) is 27.6 Å². The largest absolute Gasteiger partial charge is 0.491 e. The molecule has 7 nitrogen and oxygen atoms in total. The van der Waals surface area contributed by atoms with Crippen molar-refractivity contribution in [1.29, 1.82) is 0 Å². The summed E-state index contributed by atoms with van der Waals surface area (Å²) < 4.78 is 20.3. The van der Waals surface area contributed by atoms with Crippen molar-refractivity contribution >= 4 is 34.2 Å². The first kappa shape index (κ1) is 17.4. The molecular formula is C15H11Cl2FN4O3. The van der Waals surface area contributed by atoms with Crippen LogP contribution in [0.3, 0.4) is 0 Å². The Balaban J connectivity index is 2.43. The van der Waals surface area contributed by atoms with Crippen LogP contribution in [0.1, 0.15) is 13.3 Å². The molecule has 0 radical (unpaired) electrons. The van der Waals surface area contributed by atoms with Crippen molar-refractivity contribution in [2.24, 2.45) is 0 Å². The fourth-order valence-electron chi connectivity index (χ4n) is 2.26. The zero-order chi connectivity index (χ0) is 18.1. The molecule has 0 amide bonds. The number of nitrogens with zero attached hydrogens (tertiary/aromatic N) is 3. The van der Waals surface area contributed by atoms with Gasteiger partial charge in [-0.1, -0.05) is 30.1 Å². The van der Waals surface area contributed by atoms with Crippen LogP contribution in [0.15, 0.2) is 27.9 Å². The summed E-state index contributed by atoms with van der Waals surface area (Å²) in [5.41, 5.74) is -1.70. The predicted octanol–water partition coefficient (Wildman–Crippen LogP) is 2.70. The molecule has 3 heterocycles. The molecule has 0 saturated carbocycles. The molecule has 0 aliphatic carbocycles. The quantitative estimate of drug-likeness (QED) is 0.698. The van der Waals surface area contributed by atoms with Gasteiger partial charge in [-0.3, -0.25) is 9.78 Å². The van der Waals surface area contributed by atoms with Crippen LogP contribution in [0.5, 0.6) is 5.75 Å². The maximum atomic E-state index is 13.7. The van der Waals surface area contributed by atoms with Crippen molar-refractivity contribution in [3.05, 3.63) is 55.3 Å². The van der Waals surface area contributed by atoms with Crippen molar-refractivity contribution in [2.75, 3.05) is 6.61 Å². The molecule has 0 fully saturated rings. The minimum atomic E-state index is -0.885. The fourth-order valence-corrected chi connectivity index (χ4v) is 2.63. The normalized spacial score (nSPS) is 11.0. The van der Waals surface area contributed by atoms with Crippen molar-refractivity contribution in [3.63, 3.8) is 0 Å². The van der Waals surface area contributed by atoms with E-state index in [1.807, 2.05) is 6.92 Å². The molecule has 0 spiro atoms. The summed E-state index contributed by atoms with van der Waals surface area (Å²) in [5, 5.41) is -0.698. The van der Waals surface area contributed by atoms with Gasteiger partial charge in [-0.05, 0) is 12.5 Å². The molecule has 0 aliphatic rings. The second kappa shape index (κ2) is 6.81. The molecular weight excluding hydrogens is 374 g/mol. The lowest BCUT2D eigenvalue weighted by molar-refractivity contribution is 0.316. The molecule has 3 rings (SSSR count). The smallest absolute Gasteiger partial charge is 0.334 e. The zero-order valence-electron chi connectivity index (χ0n) is 12.8. The molecule has 130 valence electrons. The Morgan fingerprint density at radius 1 is 1.32 bits per heavy atom. The van der Waals surface area contributed by atoms with Gasteiger partial charge in [0.15, 0.2) is 21.8 Å². The Bertz CT molecular complexity index is 1080. The number of hydrogen-bond acceptors (Lipinski definition) is 5. The van der Waals surface area contributed by atoms with Crippen molar-refractivity contribution in [2.45, 2.75) is 13.3 Å². The first-order valence-corrected chi connectivity index (χ1v) is 7.98. The maximum Gasteiger partial charge on any atom is 0.334 e. The van der Waals surface area contributed by atoms with Gasteiger partial charge in [0.1, 0.15) is 11.4 Å². The van der Waals surface area contributed by atoms with Crippen LogP contribution in [-0.4, -0.2) is 26.1 Å². The summed E-state index contributed by atoms with van der Waals surface area (Å²) >= 11 is 11.9. The average molecular weight is 385 g/mol. The van der Waals surface area contributed by atoms with E-state index in [0.717, 1.165) is 17.1 Å². The average Bonchev–Trinajstić information content (AvgIpc) is 2.56. The van der Waals surface area contributed by atoms with Crippen LogP contribution in [0, 0.1) is 5.82 Å². The molecule has 3 aromatic heterocycles. The van der Waals surface area contributed by atoms with E-state index in [1.54, 1.807) is 0 Å². The first-order chi connectivity index (χ1) is 11.9. The van der Waals surface area contributed by atoms with Crippen LogP contribution in [0.4, 0.5) is 4.39 Å². The minimum Gasteiger partial charge on any atom is -0.491 e. The Morgan fingerprint density at radius 3 is 2.80 bits per heavy atom. The summed E-state index contributed by atoms with van der Waals surface area (Å²) in [7, 11) is 0. The number of nitrogens with one attached hydrogen (secondary N) is 1. The summed E-state index contributed by atoms with van der Waals surface area (Å²) in [4.78, 5) is 34.3. The number of rotatable bonds is 4. The van der Waals surface area contributed by atoms with E-state index in [2.05, 4.69) is 15.0 Å². The highest BCUT2D eigenvalue weighted by atomic mass is 35.5. The van der Waals surface area contributed by atoms with Gasteiger partial charge in [-0.25, -0.2) is 23.7 Å². The monoisotopic (exact) mass is 384 g/mol. The highest BCUT2D eigenvalue weighted by Crippen LogP contribution is 2.29. The van der Waals surface area contributed by atoms with Crippen LogP contribution in [0.25, 0.3) is 16.7 Å². The molecule has 25 heavy (non-hydrogen) atoms. The van der Waals surface area contributed by atoms with E-state index in [4.69, 9.17) is 27.9 Å². The molecule has 1 N–H and O–H groups in total. The van der Waals surface area contributed by atoms with Crippen LogP contribution < -0.4 is 16.0 Å². The predicted molar refractivity (Wildman–Crippen MR) is 91.5 cm³/mol. The summed E-state index contributed by atoms with van der Waals surface area (Å²) in [6, 6.07) is 2.42. The molecule has 10 heteroatoms. The lowest BCUT2D eigenvalue weighted by Crippen LogP contribution is -2.30. The van der Waals surface area contributed by atoms with Gasteiger partial charge in [0.05, 0.1) is 12.0 Å². The lowest BCUT2D eigenvalue weighted by Gasteiger charge is -2.15. The van der Waals surface area contributed by atoms with Gasteiger partial charge in [0.25, 0.3) is 5.56 Å². The highest BCUT2D eigenvalue weighted by molar-refractivity contribution is 6.31. The molecule has 0 unspecified atom stereocenters. The van der Waals surface area contributed by atoms with E-state index in [0.29, 0.717) is 6.61 Å². The SMILES string of the molecule is CCCOc1ccnc(Cl)c1-n1c(=O)[nH]c(=O)c2cc(F)c(Cl)nc21. The van der Waals surface area contributed by atoms with Crippen molar-refractivity contribution in [3.8, 4) is 11.4 Å². The maximum absolute atomic E-state index is 13.7. The zero-order valence-corrected chi connectivity index (χ0v) is 14.4. The molecule has 0 saturated heterocycles. The molecule has 3 aromatic rings. The Morgan fingerprint density at radius 2 is 2.08 bits per heavy atom. The summed E-state index contributed by atoms with van der Waals surface area (Å²) in [5.74, 6) is -0.621. The second-order valence-corrected chi connectivity index (χ2v) is 5.74. The number of halogens is 3. The number of pyridine rings is 2. The van der Waals surface area contributed by atoms with Crippen molar-refractivity contribution < 1.29 is 9.13 Å². The molecule has 0 aliphatic heterocycles. The number of aromatic nitrogens is 4. The van der Waals surface area contributed by atoms with Gasteiger partial charge in [-0.2, -0.15) is 0 Å². The third kappa shape index (κ3) is 3.10. The van der Waals surface area contributed by atoms with Crippen LogP contribution in [-0.2, 0) is 0 Å². The first-order valence-electron chi connectivity index (χ1n) is 7.22. The topological polar surface area (TPSA) is 89.9 Å². The second-order valence-electron chi connectivity index (χ2n) is 5.02. The van der Waals surface area contributed by atoms with Crippen molar-refractivity contribution in [1.82, 2.24) is 19.5 Å². The van der Waals surface area contributed by atoms with Gasteiger partial charge in [0.2, 0.25) is 0 Å². The Labute approximate surface area is 150 Å². The third-order valence-corrected chi connectivity index (χ3v) is 3.86. The Kier molecular flexibility index (Phi) is 4.73. The fraction of sp³-hybridized carbons (Fsp3) is 0.200. The number of ether oxygens (including phenoxy) is 1. The molecule has 0 aromatic carbocycles. The van der Waals surface area contributed by atoms with Gasteiger partial charge >= 0.3 is 5.69 Å².